The normalized spacial score (nSPS) is 11.6. The monoisotopic (exact) mass is 350 g/mol. The second-order valence-electron chi connectivity index (χ2n) is 6.26. The molecule has 0 radical (unpaired) electrons. The minimum atomic E-state index is 0.534. The van der Waals surface area contributed by atoms with Crippen LogP contribution in [0.3, 0.4) is 0 Å². The highest BCUT2D eigenvalue weighted by Gasteiger charge is 2.05. The Kier molecular flexibility index (Phi) is 11.4. The van der Waals surface area contributed by atoms with Crippen LogP contribution in [0.4, 0.5) is 0 Å². The lowest BCUT2D eigenvalue weighted by Crippen LogP contribution is -2.38. The van der Waals surface area contributed by atoms with Gasteiger partial charge in [0.05, 0.1) is 13.2 Å². The summed E-state index contributed by atoms with van der Waals surface area (Å²) >= 11 is 0. The van der Waals surface area contributed by atoms with Crippen LogP contribution in [0, 0.1) is 5.92 Å². The number of ether oxygens (including phenoxy) is 2. The van der Waals surface area contributed by atoms with Gasteiger partial charge in [0, 0.05) is 38.1 Å². The highest BCUT2D eigenvalue weighted by atomic mass is 16.5. The van der Waals surface area contributed by atoms with Crippen molar-refractivity contribution in [1.82, 2.24) is 15.6 Å². The van der Waals surface area contributed by atoms with Crippen LogP contribution >= 0.6 is 0 Å². The lowest BCUT2D eigenvalue weighted by atomic mass is 10.2. The second kappa shape index (κ2) is 13.5. The molecule has 1 heterocycles. The molecule has 25 heavy (non-hydrogen) atoms. The average molecular weight is 351 g/mol. The molecule has 0 fully saturated rings. The van der Waals surface area contributed by atoms with Gasteiger partial charge in [0.15, 0.2) is 5.96 Å². The van der Waals surface area contributed by atoms with Crippen LogP contribution in [0.25, 0.3) is 0 Å². The van der Waals surface area contributed by atoms with E-state index in [0.29, 0.717) is 24.9 Å². The van der Waals surface area contributed by atoms with Gasteiger partial charge in [-0.25, -0.2) is 9.98 Å². The van der Waals surface area contributed by atoms with Crippen LogP contribution in [-0.2, 0) is 11.3 Å². The molecular weight excluding hydrogens is 316 g/mol. The van der Waals surface area contributed by atoms with Gasteiger partial charge in [0.2, 0.25) is 5.88 Å². The molecule has 0 aromatic carbocycles. The van der Waals surface area contributed by atoms with E-state index in [9.17, 15) is 0 Å². The van der Waals surface area contributed by atoms with Crippen LogP contribution in [0.2, 0.25) is 0 Å². The Balaban J connectivity index is 2.47. The molecule has 0 saturated heterocycles. The summed E-state index contributed by atoms with van der Waals surface area (Å²) in [5, 5.41) is 6.60. The van der Waals surface area contributed by atoms with E-state index in [0.717, 1.165) is 50.7 Å². The zero-order chi connectivity index (χ0) is 18.3. The van der Waals surface area contributed by atoms with E-state index in [4.69, 9.17) is 9.47 Å². The molecule has 0 aliphatic carbocycles. The summed E-state index contributed by atoms with van der Waals surface area (Å²) in [6, 6.07) is 3.92. The summed E-state index contributed by atoms with van der Waals surface area (Å²) < 4.78 is 11.3. The van der Waals surface area contributed by atoms with Gasteiger partial charge in [-0.15, -0.1) is 0 Å². The molecule has 6 heteroatoms. The summed E-state index contributed by atoms with van der Waals surface area (Å²) in [4.78, 5) is 8.93. The number of pyridine rings is 1. The minimum Gasteiger partial charge on any atom is -0.477 e. The van der Waals surface area contributed by atoms with Crippen LogP contribution in [0.5, 0.6) is 5.88 Å². The van der Waals surface area contributed by atoms with Gasteiger partial charge in [-0.1, -0.05) is 26.8 Å². The third kappa shape index (κ3) is 9.92. The summed E-state index contributed by atoms with van der Waals surface area (Å²) in [6.45, 7) is 12.9. The Hall–Kier alpha value is -1.82. The maximum Gasteiger partial charge on any atom is 0.218 e. The third-order valence-electron chi connectivity index (χ3n) is 3.25. The molecular formula is C19H34N4O2. The molecule has 1 aromatic rings. The van der Waals surface area contributed by atoms with Gasteiger partial charge in [-0.2, -0.15) is 0 Å². The molecule has 2 N–H and O–H groups in total. The minimum absolute atomic E-state index is 0.534. The van der Waals surface area contributed by atoms with Gasteiger partial charge < -0.3 is 20.1 Å². The largest absolute Gasteiger partial charge is 0.477 e. The van der Waals surface area contributed by atoms with Crippen molar-refractivity contribution in [2.75, 3.05) is 32.9 Å². The van der Waals surface area contributed by atoms with E-state index < -0.39 is 0 Å². The molecule has 0 amide bonds. The molecule has 1 aromatic heterocycles. The van der Waals surface area contributed by atoms with E-state index in [1.807, 2.05) is 12.1 Å². The molecule has 0 spiro atoms. The first kappa shape index (κ1) is 21.2. The maximum absolute atomic E-state index is 5.69. The lowest BCUT2D eigenvalue weighted by molar-refractivity contribution is 0.108. The molecule has 1 rings (SSSR count). The number of aromatic nitrogens is 1. The molecule has 142 valence electrons. The van der Waals surface area contributed by atoms with Crippen LogP contribution in [0.1, 0.15) is 46.1 Å². The number of hydrogen-bond donors (Lipinski definition) is 2. The van der Waals surface area contributed by atoms with Crippen molar-refractivity contribution < 1.29 is 9.47 Å². The Bertz CT molecular complexity index is 492. The van der Waals surface area contributed by atoms with Crippen molar-refractivity contribution in [3.63, 3.8) is 0 Å². The van der Waals surface area contributed by atoms with Gasteiger partial charge in [0.1, 0.15) is 0 Å². The van der Waals surface area contributed by atoms with E-state index in [-0.39, 0.29) is 0 Å². The smallest absolute Gasteiger partial charge is 0.218 e. The Morgan fingerprint density at radius 1 is 1.24 bits per heavy atom. The number of nitrogens with zero attached hydrogens (tertiary/aromatic N) is 2. The van der Waals surface area contributed by atoms with Gasteiger partial charge >= 0.3 is 0 Å². The van der Waals surface area contributed by atoms with Crippen molar-refractivity contribution in [2.24, 2.45) is 10.9 Å². The number of guanidine groups is 1. The standard InChI is InChI=1S/C19H34N4O2/c1-5-12-25-18-17(9-7-10-21-18)14-23-19(20-6-2)22-11-8-13-24-15-16(3)4/h7,9-10,16H,5-6,8,11-15H2,1-4H3,(H2,20,22,23). The van der Waals surface area contributed by atoms with E-state index in [1.165, 1.54) is 0 Å². The lowest BCUT2D eigenvalue weighted by Gasteiger charge is -2.13. The fourth-order valence-electron chi connectivity index (χ4n) is 2.08. The quantitative estimate of drug-likeness (QED) is 0.345. The summed E-state index contributed by atoms with van der Waals surface area (Å²) in [6.07, 6.45) is 3.66. The zero-order valence-corrected chi connectivity index (χ0v) is 16.2. The predicted molar refractivity (Wildman–Crippen MR) is 103 cm³/mol. The molecule has 0 unspecified atom stereocenters. The van der Waals surface area contributed by atoms with Gasteiger partial charge in [-0.3, -0.25) is 0 Å². The fraction of sp³-hybridized carbons (Fsp3) is 0.684. The molecule has 0 aliphatic heterocycles. The number of aliphatic imine (C=N–C) groups is 1. The van der Waals surface area contributed by atoms with Gasteiger partial charge in [0.25, 0.3) is 0 Å². The third-order valence-corrected chi connectivity index (χ3v) is 3.25. The van der Waals surface area contributed by atoms with Crippen LogP contribution < -0.4 is 15.4 Å². The van der Waals surface area contributed by atoms with Crippen molar-refractivity contribution in [1.29, 1.82) is 0 Å². The molecule has 0 aliphatic rings. The highest BCUT2D eigenvalue weighted by molar-refractivity contribution is 5.79. The number of rotatable bonds is 12. The first-order chi connectivity index (χ1) is 12.2. The van der Waals surface area contributed by atoms with Crippen molar-refractivity contribution in [2.45, 2.75) is 47.1 Å². The predicted octanol–water partition coefficient (Wildman–Crippen LogP) is 2.99. The first-order valence-electron chi connectivity index (χ1n) is 9.33. The van der Waals surface area contributed by atoms with Crippen LogP contribution in [-0.4, -0.2) is 43.9 Å². The van der Waals surface area contributed by atoms with Crippen molar-refractivity contribution in [3.8, 4) is 5.88 Å². The molecule has 6 nitrogen and oxygen atoms in total. The highest BCUT2D eigenvalue weighted by Crippen LogP contribution is 2.15. The van der Waals surface area contributed by atoms with Crippen LogP contribution in [0.15, 0.2) is 23.3 Å². The molecule has 0 atom stereocenters. The SMILES string of the molecule is CCCOc1ncccc1CN=C(NCC)NCCCOCC(C)C. The van der Waals surface area contributed by atoms with E-state index >= 15 is 0 Å². The Labute approximate surface area is 152 Å². The van der Waals surface area contributed by atoms with E-state index in [2.05, 4.69) is 48.3 Å². The topological polar surface area (TPSA) is 67.8 Å². The summed E-state index contributed by atoms with van der Waals surface area (Å²) in [5.74, 6) is 2.05. The van der Waals surface area contributed by atoms with Crippen molar-refractivity contribution in [3.05, 3.63) is 23.9 Å². The number of nitrogens with one attached hydrogen (secondary N) is 2. The average Bonchev–Trinajstić information content (AvgIpc) is 2.61. The fourth-order valence-corrected chi connectivity index (χ4v) is 2.08. The summed E-state index contributed by atoms with van der Waals surface area (Å²) in [7, 11) is 0. The van der Waals surface area contributed by atoms with Crippen molar-refractivity contribution >= 4 is 5.96 Å². The second-order valence-corrected chi connectivity index (χ2v) is 6.26. The zero-order valence-electron chi connectivity index (χ0n) is 16.2. The number of hydrogen-bond acceptors (Lipinski definition) is 4. The molecule has 0 saturated carbocycles. The maximum atomic E-state index is 5.69. The van der Waals surface area contributed by atoms with Gasteiger partial charge in [-0.05, 0) is 31.7 Å². The Morgan fingerprint density at radius 2 is 2.08 bits per heavy atom. The summed E-state index contributed by atoms with van der Waals surface area (Å²) in [5.41, 5.74) is 0.994. The van der Waals surface area contributed by atoms with E-state index in [1.54, 1.807) is 6.20 Å². The molecule has 0 bridgehead atoms. The first-order valence-corrected chi connectivity index (χ1v) is 9.33. The Morgan fingerprint density at radius 3 is 2.80 bits per heavy atom.